The van der Waals surface area contributed by atoms with Crippen molar-refractivity contribution < 1.29 is 9.59 Å². The third-order valence-corrected chi connectivity index (χ3v) is 7.38. The van der Waals surface area contributed by atoms with Gasteiger partial charge in [0.05, 0.1) is 18.5 Å². The molecule has 1 aromatic heterocycles. The van der Waals surface area contributed by atoms with Crippen LogP contribution in [0.15, 0.2) is 24.3 Å². The highest BCUT2D eigenvalue weighted by atomic mass is 16.2. The number of aromatic nitrogens is 1. The maximum Gasteiger partial charge on any atom is 0.239 e. The molecule has 1 aromatic carbocycles. The van der Waals surface area contributed by atoms with Crippen LogP contribution in [0, 0.1) is 32.1 Å². The molecule has 1 saturated carbocycles. The molecule has 2 heterocycles. The summed E-state index contributed by atoms with van der Waals surface area (Å²) in [4.78, 5) is 29.6. The molecule has 0 unspecified atom stereocenters. The van der Waals surface area contributed by atoms with Gasteiger partial charge < -0.3 is 14.8 Å². The van der Waals surface area contributed by atoms with Crippen molar-refractivity contribution in [2.24, 2.45) is 0 Å². The van der Waals surface area contributed by atoms with E-state index in [0.717, 1.165) is 29.7 Å². The van der Waals surface area contributed by atoms with Crippen LogP contribution in [0.1, 0.15) is 59.7 Å². The van der Waals surface area contributed by atoms with Gasteiger partial charge in [0.25, 0.3) is 0 Å². The van der Waals surface area contributed by atoms with Gasteiger partial charge in [0.1, 0.15) is 11.9 Å². The molecule has 2 amide bonds. The fourth-order valence-electron chi connectivity index (χ4n) is 5.23. The Labute approximate surface area is 202 Å². The molecule has 180 valence electrons. The van der Waals surface area contributed by atoms with Crippen LogP contribution in [0.4, 0.5) is 5.82 Å². The van der Waals surface area contributed by atoms with Crippen molar-refractivity contribution in [2.45, 2.75) is 58.9 Å². The smallest absolute Gasteiger partial charge is 0.239 e. The van der Waals surface area contributed by atoms with Crippen molar-refractivity contribution in [3.8, 4) is 6.07 Å². The van der Waals surface area contributed by atoms with E-state index in [9.17, 15) is 14.9 Å². The number of aryl methyl sites for hydroxylation is 1. The summed E-state index contributed by atoms with van der Waals surface area (Å²) in [6, 6.07) is 10.7. The standard InChI is InChI=1S/C27H35N5O2/c1-19-8-10-22(11-9-19)16-26(34)31-14-12-30(13-15-31)18-25(33)29-27-24(17-28)20(2)21(3)32(27)23-6-4-5-7-23/h8-11,23H,4-7,12-16,18H2,1-3H3,(H,29,33). The molecule has 0 radical (unpaired) electrons. The molecule has 0 bridgehead atoms. The third-order valence-electron chi connectivity index (χ3n) is 7.38. The minimum atomic E-state index is -0.104. The number of carbonyl (C=O) groups excluding carboxylic acids is 2. The van der Waals surface area contributed by atoms with Gasteiger partial charge in [0.15, 0.2) is 0 Å². The number of carbonyl (C=O) groups is 2. The molecule has 1 saturated heterocycles. The van der Waals surface area contributed by atoms with Gasteiger partial charge >= 0.3 is 0 Å². The van der Waals surface area contributed by atoms with Crippen molar-refractivity contribution in [3.63, 3.8) is 0 Å². The van der Waals surface area contributed by atoms with E-state index in [-0.39, 0.29) is 18.4 Å². The number of amides is 2. The first-order valence-corrected chi connectivity index (χ1v) is 12.3. The Morgan fingerprint density at radius 1 is 1.03 bits per heavy atom. The lowest BCUT2D eigenvalue weighted by Gasteiger charge is -2.34. The third kappa shape index (κ3) is 5.18. The van der Waals surface area contributed by atoms with E-state index in [2.05, 4.69) is 20.9 Å². The SMILES string of the molecule is Cc1ccc(CC(=O)N2CCN(CC(=O)Nc3c(C#N)c(C)c(C)n3C3CCCC3)CC2)cc1. The summed E-state index contributed by atoms with van der Waals surface area (Å²) in [6.07, 6.45) is 4.95. The summed E-state index contributed by atoms with van der Waals surface area (Å²) in [5.41, 5.74) is 4.81. The molecule has 1 aliphatic heterocycles. The zero-order valence-electron chi connectivity index (χ0n) is 20.6. The maximum atomic E-state index is 13.0. The van der Waals surface area contributed by atoms with Crippen molar-refractivity contribution in [1.29, 1.82) is 5.26 Å². The van der Waals surface area contributed by atoms with Crippen LogP contribution in [-0.2, 0) is 16.0 Å². The number of nitrogens with one attached hydrogen (secondary N) is 1. The Bertz CT molecular complexity index is 1080. The molecule has 2 aliphatic rings. The van der Waals surface area contributed by atoms with E-state index >= 15 is 0 Å². The van der Waals surface area contributed by atoms with E-state index in [1.807, 2.05) is 49.9 Å². The van der Waals surface area contributed by atoms with E-state index < -0.39 is 0 Å². The number of benzene rings is 1. The van der Waals surface area contributed by atoms with Crippen molar-refractivity contribution in [2.75, 3.05) is 38.0 Å². The van der Waals surface area contributed by atoms with Gasteiger partial charge in [-0.05, 0) is 44.7 Å². The Morgan fingerprint density at radius 3 is 2.29 bits per heavy atom. The van der Waals surface area contributed by atoms with Gasteiger partial charge in [-0.25, -0.2) is 0 Å². The highest BCUT2D eigenvalue weighted by Crippen LogP contribution is 2.37. The number of hydrogen-bond acceptors (Lipinski definition) is 4. The Balaban J connectivity index is 1.33. The van der Waals surface area contributed by atoms with Gasteiger partial charge in [-0.3, -0.25) is 14.5 Å². The molecule has 7 nitrogen and oxygen atoms in total. The summed E-state index contributed by atoms with van der Waals surface area (Å²) < 4.78 is 2.18. The summed E-state index contributed by atoms with van der Waals surface area (Å²) in [5, 5.41) is 12.8. The quantitative estimate of drug-likeness (QED) is 0.711. The van der Waals surface area contributed by atoms with E-state index in [0.29, 0.717) is 50.0 Å². The Hall–Kier alpha value is -3.11. The molecule has 34 heavy (non-hydrogen) atoms. The Kier molecular flexibility index (Phi) is 7.38. The first kappa shape index (κ1) is 24.0. The molecule has 1 N–H and O–H groups in total. The Morgan fingerprint density at radius 2 is 1.68 bits per heavy atom. The number of hydrogen-bond donors (Lipinski definition) is 1. The van der Waals surface area contributed by atoms with Crippen LogP contribution in [0.2, 0.25) is 0 Å². The van der Waals surface area contributed by atoms with Gasteiger partial charge in [-0.15, -0.1) is 0 Å². The normalized spacial score (nSPS) is 17.1. The van der Waals surface area contributed by atoms with Crippen molar-refractivity contribution in [1.82, 2.24) is 14.4 Å². The first-order chi connectivity index (χ1) is 16.4. The molecule has 7 heteroatoms. The van der Waals surface area contributed by atoms with Gasteiger partial charge in [-0.1, -0.05) is 42.7 Å². The van der Waals surface area contributed by atoms with Gasteiger partial charge in [0, 0.05) is 37.9 Å². The lowest BCUT2D eigenvalue weighted by molar-refractivity contribution is -0.132. The predicted molar refractivity (Wildman–Crippen MR) is 133 cm³/mol. The van der Waals surface area contributed by atoms with Crippen molar-refractivity contribution in [3.05, 3.63) is 52.2 Å². The van der Waals surface area contributed by atoms with Crippen molar-refractivity contribution >= 4 is 17.6 Å². The monoisotopic (exact) mass is 461 g/mol. The fourth-order valence-corrected chi connectivity index (χ4v) is 5.23. The molecule has 2 aromatic rings. The van der Waals surface area contributed by atoms with Crippen LogP contribution in [0.3, 0.4) is 0 Å². The number of piperazine rings is 1. The topological polar surface area (TPSA) is 81.4 Å². The minimum Gasteiger partial charge on any atom is -0.340 e. The summed E-state index contributed by atoms with van der Waals surface area (Å²) in [6.45, 7) is 8.88. The molecule has 2 fully saturated rings. The summed E-state index contributed by atoms with van der Waals surface area (Å²) >= 11 is 0. The molecule has 0 atom stereocenters. The van der Waals surface area contributed by atoms with E-state index in [4.69, 9.17) is 0 Å². The number of nitriles is 1. The number of nitrogens with zero attached hydrogens (tertiary/aromatic N) is 4. The first-order valence-electron chi connectivity index (χ1n) is 12.3. The van der Waals surface area contributed by atoms with Crippen LogP contribution < -0.4 is 5.32 Å². The second-order valence-electron chi connectivity index (χ2n) is 9.72. The molecular formula is C27H35N5O2. The van der Waals surface area contributed by atoms with Gasteiger partial charge in [0.2, 0.25) is 11.8 Å². The summed E-state index contributed by atoms with van der Waals surface area (Å²) in [7, 11) is 0. The minimum absolute atomic E-state index is 0.104. The van der Waals surface area contributed by atoms with E-state index in [1.54, 1.807) is 0 Å². The van der Waals surface area contributed by atoms with Crippen LogP contribution in [-0.4, -0.2) is 58.9 Å². The maximum absolute atomic E-state index is 13.0. The second kappa shape index (κ2) is 10.4. The molecule has 1 aliphatic carbocycles. The van der Waals surface area contributed by atoms with Gasteiger partial charge in [-0.2, -0.15) is 5.26 Å². The zero-order chi connectivity index (χ0) is 24.2. The van der Waals surface area contributed by atoms with Crippen LogP contribution in [0.25, 0.3) is 0 Å². The number of rotatable bonds is 6. The number of anilines is 1. The van der Waals surface area contributed by atoms with E-state index in [1.165, 1.54) is 18.4 Å². The lowest BCUT2D eigenvalue weighted by atomic mass is 10.1. The second-order valence-corrected chi connectivity index (χ2v) is 9.72. The fraction of sp³-hybridized carbons (Fsp3) is 0.519. The summed E-state index contributed by atoms with van der Waals surface area (Å²) in [5.74, 6) is 0.681. The van der Waals surface area contributed by atoms with Crippen LogP contribution >= 0.6 is 0 Å². The largest absolute Gasteiger partial charge is 0.340 e. The molecule has 0 spiro atoms. The highest BCUT2D eigenvalue weighted by molar-refractivity contribution is 5.93. The lowest BCUT2D eigenvalue weighted by Crippen LogP contribution is -2.50. The average Bonchev–Trinajstić information content (AvgIpc) is 3.42. The molecule has 4 rings (SSSR count). The predicted octanol–water partition coefficient (Wildman–Crippen LogP) is 3.73. The zero-order valence-corrected chi connectivity index (χ0v) is 20.6. The van der Waals surface area contributed by atoms with Crippen LogP contribution in [0.5, 0.6) is 0 Å². The highest BCUT2D eigenvalue weighted by Gasteiger charge is 2.28. The average molecular weight is 462 g/mol. The molecular weight excluding hydrogens is 426 g/mol.